The lowest BCUT2D eigenvalue weighted by molar-refractivity contribution is -0.139. The molecule has 3 rings (SSSR count). The van der Waals surface area contributed by atoms with Crippen LogP contribution in [0.1, 0.15) is 40.4 Å². The fraction of sp³-hybridized carbons (Fsp3) is 0.227. The Balaban J connectivity index is 1.91. The number of hydrogen-bond donors (Lipinski definition) is 1. The number of hydrogen-bond acceptors (Lipinski definition) is 3. The van der Waals surface area contributed by atoms with Crippen molar-refractivity contribution in [1.29, 1.82) is 0 Å². The van der Waals surface area contributed by atoms with Gasteiger partial charge in [0.1, 0.15) is 11.5 Å². The highest BCUT2D eigenvalue weighted by atomic mass is 19.4. The lowest BCUT2D eigenvalue weighted by atomic mass is 9.89. The molecule has 0 aliphatic heterocycles. The summed E-state index contributed by atoms with van der Waals surface area (Å²) in [5, 5.41) is 0. The molecule has 1 aromatic heterocycles. The van der Waals surface area contributed by atoms with Crippen molar-refractivity contribution in [3.63, 3.8) is 0 Å². The maximum absolute atomic E-state index is 13.1. The third-order valence-electron chi connectivity index (χ3n) is 4.69. The average Bonchev–Trinajstić information content (AvgIpc) is 2.72. The molecule has 0 bridgehead atoms. The summed E-state index contributed by atoms with van der Waals surface area (Å²) in [6.07, 6.45) is -11.4. The summed E-state index contributed by atoms with van der Waals surface area (Å²) in [5.41, 5.74) is -1.58. The maximum atomic E-state index is 13.1. The van der Waals surface area contributed by atoms with Crippen LogP contribution in [0.2, 0.25) is 0 Å². The van der Waals surface area contributed by atoms with Gasteiger partial charge in [-0.3, -0.25) is 9.59 Å². The first-order valence-electron chi connectivity index (χ1n) is 9.36. The van der Waals surface area contributed by atoms with Gasteiger partial charge in [0.25, 0.3) is 5.56 Å². The Morgan fingerprint density at radius 2 is 1.56 bits per heavy atom. The monoisotopic (exact) mass is 454 g/mol. The standard InChI is InChI=1S/C22H16F6N2O2/c23-21(24,25)12-15(13-6-8-16(9-7-13)22(26,27)28)10-18(31)17-11-19(32)30-20(29-17)14-4-2-1-3-5-14/h1-9,11,15H,10,12H2,(H,29,30,32)/t15-/m0/s1. The molecule has 0 fully saturated rings. The molecule has 0 radical (unpaired) electrons. The van der Waals surface area contributed by atoms with Crippen LogP contribution in [0.3, 0.4) is 0 Å². The molecule has 0 aliphatic rings. The van der Waals surface area contributed by atoms with Gasteiger partial charge in [0.05, 0.1) is 12.0 Å². The van der Waals surface area contributed by atoms with E-state index in [1.807, 2.05) is 0 Å². The third-order valence-corrected chi connectivity index (χ3v) is 4.69. The van der Waals surface area contributed by atoms with E-state index in [9.17, 15) is 35.9 Å². The van der Waals surface area contributed by atoms with E-state index in [4.69, 9.17) is 0 Å². The van der Waals surface area contributed by atoms with E-state index >= 15 is 0 Å². The number of nitrogens with one attached hydrogen (secondary N) is 1. The van der Waals surface area contributed by atoms with Crippen LogP contribution in [0.5, 0.6) is 0 Å². The van der Waals surface area contributed by atoms with E-state index in [1.54, 1.807) is 30.3 Å². The first-order chi connectivity index (χ1) is 14.9. The Kier molecular flexibility index (Phi) is 6.52. The minimum Gasteiger partial charge on any atom is -0.306 e. The fourth-order valence-electron chi connectivity index (χ4n) is 3.19. The van der Waals surface area contributed by atoms with Gasteiger partial charge in [0.2, 0.25) is 0 Å². The largest absolute Gasteiger partial charge is 0.416 e. The van der Waals surface area contributed by atoms with Gasteiger partial charge >= 0.3 is 12.4 Å². The second-order valence-electron chi connectivity index (χ2n) is 7.11. The number of ketones is 1. The summed E-state index contributed by atoms with van der Waals surface area (Å²) in [7, 11) is 0. The highest BCUT2D eigenvalue weighted by molar-refractivity contribution is 5.95. The maximum Gasteiger partial charge on any atom is 0.416 e. The summed E-state index contributed by atoms with van der Waals surface area (Å²) < 4.78 is 77.6. The van der Waals surface area contributed by atoms with E-state index in [0.717, 1.165) is 18.2 Å². The Morgan fingerprint density at radius 1 is 0.938 bits per heavy atom. The number of carbonyl (C=O) groups is 1. The van der Waals surface area contributed by atoms with E-state index in [2.05, 4.69) is 9.97 Å². The van der Waals surface area contributed by atoms with E-state index in [0.29, 0.717) is 17.7 Å². The predicted molar refractivity (Wildman–Crippen MR) is 104 cm³/mol. The number of nitrogens with zero attached hydrogens (tertiary/aromatic N) is 1. The van der Waals surface area contributed by atoms with Crippen molar-refractivity contribution in [2.45, 2.75) is 31.1 Å². The zero-order valence-electron chi connectivity index (χ0n) is 16.3. The molecule has 1 N–H and O–H groups in total. The molecular weight excluding hydrogens is 438 g/mol. The van der Waals surface area contributed by atoms with Gasteiger partial charge in [-0.25, -0.2) is 4.98 Å². The molecule has 0 spiro atoms. The number of halogens is 6. The molecule has 0 aliphatic carbocycles. The number of aromatic amines is 1. The van der Waals surface area contributed by atoms with E-state index in [-0.39, 0.29) is 17.1 Å². The van der Waals surface area contributed by atoms with Crippen molar-refractivity contribution in [3.8, 4) is 11.4 Å². The molecule has 10 heteroatoms. The first kappa shape index (κ1) is 23.2. The zero-order valence-corrected chi connectivity index (χ0v) is 16.3. The van der Waals surface area contributed by atoms with Crippen molar-refractivity contribution in [1.82, 2.24) is 9.97 Å². The predicted octanol–water partition coefficient (Wildman–Crippen LogP) is 5.76. The summed E-state index contributed by atoms with van der Waals surface area (Å²) in [6, 6.07) is 12.4. The number of carbonyl (C=O) groups excluding carboxylic acids is 1. The van der Waals surface area contributed by atoms with Gasteiger partial charge in [0.15, 0.2) is 5.78 Å². The van der Waals surface area contributed by atoms with Gasteiger partial charge in [-0.1, -0.05) is 42.5 Å². The van der Waals surface area contributed by atoms with Crippen LogP contribution < -0.4 is 5.56 Å². The Hall–Kier alpha value is -3.43. The number of H-pyrrole nitrogens is 1. The van der Waals surface area contributed by atoms with Gasteiger partial charge < -0.3 is 4.98 Å². The van der Waals surface area contributed by atoms with Gasteiger partial charge in [0, 0.05) is 18.1 Å². The van der Waals surface area contributed by atoms with Crippen molar-refractivity contribution in [2.75, 3.05) is 0 Å². The summed E-state index contributed by atoms with van der Waals surface area (Å²) >= 11 is 0. The molecule has 1 atom stereocenters. The molecule has 1 heterocycles. The number of aromatic nitrogens is 2. The number of rotatable bonds is 6. The Bertz CT molecular complexity index is 1140. The third kappa shape index (κ3) is 6.05. The highest BCUT2D eigenvalue weighted by Gasteiger charge is 2.35. The van der Waals surface area contributed by atoms with Crippen molar-refractivity contribution in [3.05, 3.63) is 87.8 Å². The minimum atomic E-state index is -4.66. The molecule has 0 saturated carbocycles. The second kappa shape index (κ2) is 8.97. The smallest absolute Gasteiger partial charge is 0.306 e. The van der Waals surface area contributed by atoms with Crippen molar-refractivity contribution in [2.24, 2.45) is 0 Å². The molecular formula is C22H16F6N2O2. The Morgan fingerprint density at radius 3 is 2.12 bits per heavy atom. The van der Waals surface area contributed by atoms with Gasteiger partial charge in [-0.2, -0.15) is 26.3 Å². The number of alkyl halides is 6. The molecule has 32 heavy (non-hydrogen) atoms. The van der Waals surface area contributed by atoms with Crippen molar-refractivity contribution < 1.29 is 31.1 Å². The molecule has 168 valence electrons. The summed E-state index contributed by atoms with van der Waals surface area (Å²) in [6.45, 7) is 0. The van der Waals surface area contributed by atoms with Crippen LogP contribution in [0.15, 0.2) is 65.5 Å². The van der Waals surface area contributed by atoms with Crippen LogP contribution in [-0.2, 0) is 6.18 Å². The van der Waals surface area contributed by atoms with E-state index in [1.165, 1.54) is 0 Å². The first-order valence-corrected chi connectivity index (χ1v) is 9.36. The quantitative estimate of drug-likeness (QED) is 0.380. The van der Waals surface area contributed by atoms with Gasteiger partial charge in [-0.05, 0) is 23.6 Å². The lowest BCUT2D eigenvalue weighted by Crippen LogP contribution is -2.19. The fourth-order valence-corrected chi connectivity index (χ4v) is 3.19. The topological polar surface area (TPSA) is 62.8 Å². The minimum absolute atomic E-state index is 0.0724. The molecule has 4 nitrogen and oxygen atoms in total. The Labute approximate surface area is 177 Å². The van der Waals surface area contributed by atoms with E-state index < -0.39 is 48.0 Å². The normalized spacial score (nSPS) is 13.1. The number of benzene rings is 2. The van der Waals surface area contributed by atoms with Crippen LogP contribution in [0.25, 0.3) is 11.4 Å². The summed E-state index contributed by atoms with van der Waals surface area (Å²) in [5.74, 6) is -2.20. The molecule has 2 aromatic carbocycles. The molecule has 0 unspecified atom stereocenters. The SMILES string of the molecule is O=C(C[C@@H](CC(F)(F)F)c1ccc(C(F)(F)F)cc1)c1cc(=O)[nH]c(-c2ccccc2)n1. The summed E-state index contributed by atoms with van der Waals surface area (Å²) in [4.78, 5) is 31.2. The molecule has 0 saturated heterocycles. The van der Waals surface area contributed by atoms with Crippen LogP contribution in [0, 0.1) is 0 Å². The van der Waals surface area contributed by atoms with Crippen molar-refractivity contribution >= 4 is 5.78 Å². The molecule has 0 amide bonds. The zero-order chi connectivity index (χ0) is 23.5. The second-order valence-corrected chi connectivity index (χ2v) is 7.11. The van der Waals surface area contributed by atoms with Gasteiger partial charge in [-0.15, -0.1) is 0 Å². The highest BCUT2D eigenvalue weighted by Crippen LogP contribution is 2.36. The lowest BCUT2D eigenvalue weighted by Gasteiger charge is -2.19. The average molecular weight is 454 g/mol. The van der Waals surface area contributed by atoms with Crippen LogP contribution in [-0.4, -0.2) is 21.9 Å². The van der Waals surface area contributed by atoms with Crippen LogP contribution >= 0.6 is 0 Å². The number of Topliss-reactive ketones (excluding diaryl/α,β-unsaturated/α-hetero) is 1. The molecule has 3 aromatic rings. The van der Waals surface area contributed by atoms with Crippen LogP contribution in [0.4, 0.5) is 26.3 Å².